The van der Waals surface area contributed by atoms with Crippen LogP contribution in [0.3, 0.4) is 0 Å². The van der Waals surface area contributed by atoms with E-state index in [2.05, 4.69) is 19.9 Å². The van der Waals surface area contributed by atoms with Crippen LogP contribution < -0.4 is 4.90 Å². The van der Waals surface area contributed by atoms with Crippen molar-refractivity contribution in [3.05, 3.63) is 29.8 Å². The number of anilines is 1. The first-order valence-electron chi connectivity index (χ1n) is 7.70. The molecule has 0 spiro atoms. The largest absolute Gasteiger partial charge is 0.334 e. The highest BCUT2D eigenvalue weighted by Crippen LogP contribution is 2.31. The molecule has 1 aromatic carbocycles. The van der Waals surface area contributed by atoms with E-state index in [4.69, 9.17) is 0 Å². The number of carbonyl (C=O) groups is 2. The maximum Gasteiger partial charge on any atom is 0.246 e. The second-order valence-electron chi connectivity index (χ2n) is 5.74. The van der Waals surface area contributed by atoms with Gasteiger partial charge in [0, 0.05) is 25.2 Å². The fourth-order valence-electron chi connectivity index (χ4n) is 2.88. The summed E-state index contributed by atoms with van der Waals surface area (Å²) >= 11 is 0. The molecule has 1 aliphatic heterocycles. The third kappa shape index (κ3) is 3.43. The van der Waals surface area contributed by atoms with E-state index in [1.54, 1.807) is 4.90 Å². The summed E-state index contributed by atoms with van der Waals surface area (Å²) in [5, 5.41) is 0. The van der Waals surface area contributed by atoms with Gasteiger partial charge in [-0.05, 0) is 31.4 Å². The van der Waals surface area contributed by atoms with Gasteiger partial charge in [0.15, 0.2) is 0 Å². The zero-order valence-corrected chi connectivity index (χ0v) is 13.1. The molecule has 4 heteroatoms. The van der Waals surface area contributed by atoms with Crippen LogP contribution in [0.2, 0.25) is 0 Å². The Morgan fingerprint density at radius 2 is 2.05 bits per heavy atom. The standard InChI is InChI=1S/C17H24N2O2/c1-4-5-10-18(14(3)20)12-17(21)19-13(2)11-15-8-6-7-9-16(15)19/h6-9,13H,4-5,10-12H2,1-3H3. The molecule has 2 amide bonds. The van der Waals surface area contributed by atoms with Gasteiger partial charge >= 0.3 is 0 Å². The number of rotatable bonds is 5. The summed E-state index contributed by atoms with van der Waals surface area (Å²) in [4.78, 5) is 27.8. The Labute approximate surface area is 126 Å². The zero-order chi connectivity index (χ0) is 15.4. The van der Waals surface area contributed by atoms with Crippen LogP contribution in [0.15, 0.2) is 24.3 Å². The van der Waals surface area contributed by atoms with Crippen LogP contribution in [0.5, 0.6) is 0 Å². The molecule has 1 aromatic rings. The molecule has 1 heterocycles. The number of benzene rings is 1. The van der Waals surface area contributed by atoms with E-state index in [0.29, 0.717) is 6.54 Å². The van der Waals surface area contributed by atoms with Crippen LogP contribution in [-0.4, -0.2) is 35.8 Å². The van der Waals surface area contributed by atoms with Crippen LogP contribution in [0.4, 0.5) is 5.69 Å². The van der Waals surface area contributed by atoms with E-state index in [1.165, 1.54) is 12.5 Å². The number of hydrogen-bond donors (Lipinski definition) is 0. The predicted molar refractivity (Wildman–Crippen MR) is 84.3 cm³/mol. The molecule has 1 aliphatic rings. The predicted octanol–water partition coefficient (Wildman–Crippen LogP) is 2.61. The SMILES string of the molecule is CCCCN(CC(=O)N1c2ccccc2CC1C)C(C)=O. The van der Waals surface area contributed by atoms with E-state index >= 15 is 0 Å². The van der Waals surface area contributed by atoms with Crippen molar-refractivity contribution in [3.63, 3.8) is 0 Å². The van der Waals surface area contributed by atoms with Gasteiger partial charge in [-0.25, -0.2) is 0 Å². The highest BCUT2D eigenvalue weighted by atomic mass is 16.2. The van der Waals surface area contributed by atoms with Crippen LogP contribution >= 0.6 is 0 Å². The number of para-hydroxylation sites is 1. The van der Waals surface area contributed by atoms with E-state index in [9.17, 15) is 9.59 Å². The Bertz CT molecular complexity index is 527. The minimum Gasteiger partial charge on any atom is -0.334 e. The van der Waals surface area contributed by atoms with E-state index in [0.717, 1.165) is 24.9 Å². The van der Waals surface area contributed by atoms with Crippen molar-refractivity contribution >= 4 is 17.5 Å². The van der Waals surface area contributed by atoms with Gasteiger partial charge in [0.05, 0.1) is 0 Å². The van der Waals surface area contributed by atoms with E-state index < -0.39 is 0 Å². The van der Waals surface area contributed by atoms with Crippen molar-refractivity contribution in [2.75, 3.05) is 18.0 Å². The Hall–Kier alpha value is -1.84. The van der Waals surface area contributed by atoms with E-state index in [-0.39, 0.29) is 24.4 Å². The Morgan fingerprint density at radius 1 is 1.33 bits per heavy atom. The smallest absolute Gasteiger partial charge is 0.246 e. The summed E-state index contributed by atoms with van der Waals surface area (Å²) in [7, 11) is 0. The van der Waals surface area contributed by atoms with Crippen LogP contribution in [-0.2, 0) is 16.0 Å². The number of amides is 2. The lowest BCUT2D eigenvalue weighted by Crippen LogP contribution is -2.44. The highest BCUT2D eigenvalue weighted by Gasteiger charge is 2.31. The molecule has 2 rings (SSSR count). The van der Waals surface area contributed by atoms with Crippen LogP contribution in [0, 0.1) is 0 Å². The Kier molecular flexibility index (Phi) is 4.99. The third-order valence-corrected chi connectivity index (χ3v) is 4.03. The topological polar surface area (TPSA) is 40.6 Å². The molecule has 114 valence electrons. The van der Waals surface area contributed by atoms with Crippen LogP contribution in [0.25, 0.3) is 0 Å². The molecule has 4 nitrogen and oxygen atoms in total. The number of nitrogens with zero attached hydrogens (tertiary/aromatic N) is 2. The summed E-state index contributed by atoms with van der Waals surface area (Å²) in [6, 6.07) is 8.18. The third-order valence-electron chi connectivity index (χ3n) is 4.03. The second-order valence-corrected chi connectivity index (χ2v) is 5.74. The maximum atomic E-state index is 12.6. The molecule has 0 bridgehead atoms. The fraction of sp³-hybridized carbons (Fsp3) is 0.529. The Balaban J connectivity index is 2.10. The van der Waals surface area contributed by atoms with Gasteiger partial charge in [0.25, 0.3) is 0 Å². The molecule has 1 atom stereocenters. The number of unbranched alkanes of at least 4 members (excludes halogenated alkanes) is 1. The van der Waals surface area contributed by atoms with Gasteiger partial charge in [-0.15, -0.1) is 0 Å². The van der Waals surface area contributed by atoms with Crippen LogP contribution in [0.1, 0.15) is 39.2 Å². The van der Waals surface area contributed by atoms with Gasteiger partial charge in [-0.3, -0.25) is 9.59 Å². The first-order chi connectivity index (χ1) is 10.0. The normalized spacial score (nSPS) is 16.7. The Morgan fingerprint density at radius 3 is 2.71 bits per heavy atom. The highest BCUT2D eigenvalue weighted by molar-refractivity contribution is 5.98. The summed E-state index contributed by atoms with van der Waals surface area (Å²) in [5.74, 6) is -0.0179. The molecule has 1 unspecified atom stereocenters. The minimum atomic E-state index is -0.0306. The first kappa shape index (κ1) is 15.5. The maximum absolute atomic E-state index is 12.6. The molecule has 0 fully saturated rings. The summed E-state index contributed by atoms with van der Waals surface area (Å²) in [5.41, 5.74) is 2.20. The first-order valence-corrected chi connectivity index (χ1v) is 7.70. The molecule has 21 heavy (non-hydrogen) atoms. The van der Waals surface area contributed by atoms with Crippen molar-refractivity contribution in [1.29, 1.82) is 0 Å². The van der Waals surface area contributed by atoms with Crippen molar-refractivity contribution in [2.24, 2.45) is 0 Å². The van der Waals surface area contributed by atoms with Gasteiger partial charge in [0.1, 0.15) is 6.54 Å². The van der Waals surface area contributed by atoms with Gasteiger partial charge < -0.3 is 9.80 Å². The quantitative estimate of drug-likeness (QED) is 0.835. The summed E-state index contributed by atoms with van der Waals surface area (Å²) in [6.07, 6.45) is 2.83. The lowest BCUT2D eigenvalue weighted by atomic mass is 10.1. The number of fused-ring (bicyclic) bond motifs is 1. The number of hydrogen-bond acceptors (Lipinski definition) is 2. The van der Waals surface area contributed by atoms with Gasteiger partial charge in [-0.2, -0.15) is 0 Å². The molecule has 0 radical (unpaired) electrons. The van der Waals surface area contributed by atoms with Crippen molar-refractivity contribution in [2.45, 2.75) is 46.1 Å². The zero-order valence-electron chi connectivity index (χ0n) is 13.1. The molecule has 0 N–H and O–H groups in total. The summed E-state index contributed by atoms with van der Waals surface area (Å²) < 4.78 is 0. The van der Waals surface area contributed by atoms with Crippen molar-refractivity contribution in [1.82, 2.24) is 4.90 Å². The van der Waals surface area contributed by atoms with Gasteiger partial charge in [0.2, 0.25) is 11.8 Å². The molecule has 0 saturated carbocycles. The fourth-order valence-corrected chi connectivity index (χ4v) is 2.88. The second kappa shape index (κ2) is 6.74. The molecular formula is C17H24N2O2. The molecule has 0 saturated heterocycles. The molecule has 0 aliphatic carbocycles. The van der Waals surface area contributed by atoms with E-state index in [1.807, 2.05) is 23.1 Å². The minimum absolute atomic E-state index is 0.0127. The average Bonchev–Trinajstić information content (AvgIpc) is 2.78. The average molecular weight is 288 g/mol. The van der Waals surface area contributed by atoms with Gasteiger partial charge in [-0.1, -0.05) is 31.5 Å². The molecular weight excluding hydrogens is 264 g/mol. The monoisotopic (exact) mass is 288 g/mol. The van der Waals surface area contributed by atoms with Crippen molar-refractivity contribution in [3.8, 4) is 0 Å². The number of carbonyl (C=O) groups excluding carboxylic acids is 2. The lowest BCUT2D eigenvalue weighted by molar-refractivity contribution is -0.133. The summed E-state index contributed by atoms with van der Waals surface area (Å²) in [6.45, 7) is 6.50. The molecule has 0 aromatic heterocycles. The lowest BCUT2D eigenvalue weighted by Gasteiger charge is -2.27. The van der Waals surface area contributed by atoms with Crippen molar-refractivity contribution < 1.29 is 9.59 Å².